The monoisotopic (exact) mass is 428 g/mol. The summed E-state index contributed by atoms with van der Waals surface area (Å²) >= 11 is 0. The Kier molecular flexibility index (Phi) is 5.51. The third kappa shape index (κ3) is 4.04. The summed E-state index contributed by atoms with van der Waals surface area (Å²) in [6.07, 6.45) is 7.60. The van der Waals surface area contributed by atoms with Gasteiger partial charge in [-0.1, -0.05) is 18.2 Å². The van der Waals surface area contributed by atoms with Crippen molar-refractivity contribution in [2.24, 2.45) is 0 Å². The van der Waals surface area contributed by atoms with Crippen LogP contribution in [0.25, 0.3) is 11.4 Å². The Balaban J connectivity index is 1.42. The Morgan fingerprint density at radius 2 is 1.94 bits per heavy atom. The predicted octanol–water partition coefficient (Wildman–Crippen LogP) is 2.85. The summed E-state index contributed by atoms with van der Waals surface area (Å²) in [5.74, 6) is -0.0335. The van der Waals surface area contributed by atoms with Crippen LogP contribution in [-0.4, -0.2) is 61.4 Å². The number of nitrogens with zero attached hydrogens (tertiary/aromatic N) is 6. The van der Waals surface area contributed by atoms with E-state index in [1.807, 2.05) is 59.1 Å². The van der Waals surface area contributed by atoms with Crippen LogP contribution < -0.4 is 0 Å². The molecule has 4 aromatic rings. The van der Waals surface area contributed by atoms with E-state index in [0.717, 1.165) is 16.8 Å². The first-order chi connectivity index (χ1) is 15.7. The maximum absolute atomic E-state index is 13.7. The maximum atomic E-state index is 13.7. The van der Waals surface area contributed by atoms with Crippen LogP contribution in [0.15, 0.2) is 73.3 Å². The zero-order chi connectivity index (χ0) is 21.9. The smallest absolute Gasteiger partial charge is 0.256 e. The Morgan fingerprint density at radius 3 is 2.75 bits per heavy atom. The molecule has 162 valence electrons. The standard InChI is InChI=1S/C24H24N6O2/c1-18-6-7-22(23(14-18)30-26-9-10-27-30)24(31)28-12-13-32-17-21(28)16-19-4-2-5-20(15-19)29-11-3-8-25-29/h2-11,14-15,21H,12-13,16-17H2,1H3. The fourth-order valence-corrected chi connectivity index (χ4v) is 4.09. The zero-order valence-electron chi connectivity index (χ0n) is 17.8. The summed E-state index contributed by atoms with van der Waals surface area (Å²) in [6, 6.07) is 15.8. The summed E-state index contributed by atoms with van der Waals surface area (Å²) in [5, 5.41) is 12.8. The first kappa shape index (κ1) is 20.1. The number of aryl methyl sites for hydroxylation is 1. The van der Waals surface area contributed by atoms with Crippen LogP contribution >= 0.6 is 0 Å². The molecule has 2 aromatic heterocycles. The molecule has 1 fully saturated rings. The zero-order valence-corrected chi connectivity index (χ0v) is 17.8. The molecular formula is C24H24N6O2. The summed E-state index contributed by atoms with van der Waals surface area (Å²) in [5.41, 5.74) is 4.44. The van der Waals surface area contributed by atoms with Crippen LogP contribution in [0.2, 0.25) is 0 Å². The van der Waals surface area contributed by atoms with Gasteiger partial charge in [0.05, 0.1) is 48.6 Å². The second-order valence-electron chi connectivity index (χ2n) is 7.89. The number of carbonyl (C=O) groups excluding carboxylic acids is 1. The van der Waals surface area contributed by atoms with Gasteiger partial charge in [-0.15, -0.1) is 0 Å². The molecule has 0 bridgehead atoms. The molecule has 1 atom stereocenters. The molecule has 3 heterocycles. The molecule has 1 aliphatic rings. The highest BCUT2D eigenvalue weighted by Crippen LogP contribution is 2.22. The van der Waals surface area contributed by atoms with Crippen molar-refractivity contribution in [3.63, 3.8) is 0 Å². The Hall–Kier alpha value is -3.78. The quantitative estimate of drug-likeness (QED) is 0.489. The van der Waals surface area contributed by atoms with Gasteiger partial charge in [-0.05, 0) is 54.8 Å². The van der Waals surface area contributed by atoms with Crippen LogP contribution in [0.5, 0.6) is 0 Å². The van der Waals surface area contributed by atoms with Crippen molar-refractivity contribution in [3.05, 3.63) is 90.0 Å². The molecule has 8 heteroatoms. The van der Waals surface area contributed by atoms with E-state index in [0.29, 0.717) is 37.4 Å². The molecule has 8 nitrogen and oxygen atoms in total. The summed E-state index contributed by atoms with van der Waals surface area (Å²) < 4.78 is 7.59. The Labute approximate surface area is 186 Å². The van der Waals surface area contributed by atoms with E-state index in [1.165, 1.54) is 4.80 Å². The Morgan fingerprint density at radius 1 is 1.06 bits per heavy atom. The number of hydrogen-bond donors (Lipinski definition) is 0. The number of aromatic nitrogens is 5. The van der Waals surface area contributed by atoms with Gasteiger partial charge in [-0.3, -0.25) is 4.79 Å². The van der Waals surface area contributed by atoms with Crippen LogP contribution in [0.4, 0.5) is 0 Å². The number of carbonyl (C=O) groups is 1. The van der Waals surface area contributed by atoms with Crippen molar-refractivity contribution < 1.29 is 9.53 Å². The molecule has 32 heavy (non-hydrogen) atoms. The predicted molar refractivity (Wildman–Crippen MR) is 119 cm³/mol. The van der Waals surface area contributed by atoms with Crippen molar-refractivity contribution in [1.82, 2.24) is 29.7 Å². The molecule has 0 N–H and O–H groups in total. The molecule has 0 radical (unpaired) electrons. The lowest BCUT2D eigenvalue weighted by Gasteiger charge is -2.36. The van der Waals surface area contributed by atoms with E-state index in [1.54, 1.807) is 18.6 Å². The number of hydrogen-bond acceptors (Lipinski definition) is 5. The minimum Gasteiger partial charge on any atom is -0.377 e. The SMILES string of the molecule is Cc1ccc(C(=O)N2CCOCC2Cc2cccc(-n3cccn3)c2)c(-n2nccn2)c1. The molecule has 1 amide bonds. The van der Waals surface area contributed by atoms with E-state index >= 15 is 0 Å². The first-order valence-corrected chi connectivity index (χ1v) is 10.6. The van der Waals surface area contributed by atoms with Crippen LogP contribution in [-0.2, 0) is 11.2 Å². The molecule has 1 saturated heterocycles. The van der Waals surface area contributed by atoms with Crippen LogP contribution in [0, 0.1) is 6.92 Å². The van der Waals surface area contributed by atoms with Crippen LogP contribution in [0.1, 0.15) is 21.5 Å². The van der Waals surface area contributed by atoms with E-state index in [4.69, 9.17) is 4.74 Å². The van der Waals surface area contributed by atoms with Crippen molar-refractivity contribution in [3.8, 4) is 11.4 Å². The molecule has 2 aromatic carbocycles. The van der Waals surface area contributed by atoms with E-state index < -0.39 is 0 Å². The van der Waals surface area contributed by atoms with Crippen molar-refractivity contribution in [2.75, 3.05) is 19.8 Å². The van der Waals surface area contributed by atoms with Gasteiger partial charge >= 0.3 is 0 Å². The lowest BCUT2D eigenvalue weighted by molar-refractivity contribution is -0.00165. The highest BCUT2D eigenvalue weighted by molar-refractivity contribution is 5.98. The number of benzene rings is 2. The number of rotatable bonds is 5. The van der Waals surface area contributed by atoms with E-state index in [2.05, 4.69) is 27.4 Å². The molecular weight excluding hydrogens is 404 g/mol. The number of amides is 1. The van der Waals surface area contributed by atoms with Crippen molar-refractivity contribution in [1.29, 1.82) is 0 Å². The fraction of sp³-hybridized carbons (Fsp3) is 0.250. The van der Waals surface area contributed by atoms with Gasteiger partial charge in [-0.25, -0.2) is 4.68 Å². The molecule has 0 aliphatic carbocycles. The number of morpholine rings is 1. The lowest BCUT2D eigenvalue weighted by atomic mass is 10.0. The largest absolute Gasteiger partial charge is 0.377 e. The third-order valence-electron chi connectivity index (χ3n) is 5.66. The summed E-state index contributed by atoms with van der Waals surface area (Å²) in [7, 11) is 0. The molecule has 0 saturated carbocycles. The summed E-state index contributed by atoms with van der Waals surface area (Å²) in [4.78, 5) is 17.1. The minimum atomic E-state index is -0.0659. The van der Waals surface area contributed by atoms with Crippen molar-refractivity contribution in [2.45, 2.75) is 19.4 Å². The van der Waals surface area contributed by atoms with Gasteiger partial charge in [0.2, 0.25) is 0 Å². The maximum Gasteiger partial charge on any atom is 0.256 e. The topological polar surface area (TPSA) is 78.1 Å². The van der Waals surface area contributed by atoms with E-state index in [9.17, 15) is 4.79 Å². The second kappa shape index (κ2) is 8.76. The highest BCUT2D eigenvalue weighted by atomic mass is 16.5. The molecule has 5 rings (SSSR count). The Bertz CT molecular complexity index is 1200. The van der Waals surface area contributed by atoms with E-state index in [-0.39, 0.29) is 11.9 Å². The van der Waals surface area contributed by atoms with Gasteiger partial charge in [0.1, 0.15) is 0 Å². The second-order valence-corrected chi connectivity index (χ2v) is 7.89. The van der Waals surface area contributed by atoms with Gasteiger partial charge in [0, 0.05) is 18.9 Å². The van der Waals surface area contributed by atoms with Gasteiger partial charge in [0.15, 0.2) is 0 Å². The summed E-state index contributed by atoms with van der Waals surface area (Å²) in [6.45, 7) is 3.56. The number of ether oxygens (including phenoxy) is 1. The molecule has 1 unspecified atom stereocenters. The normalized spacial score (nSPS) is 16.3. The lowest BCUT2D eigenvalue weighted by Crippen LogP contribution is -2.50. The van der Waals surface area contributed by atoms with Crippen molar-refractivity contribution >= 4 is 5.91 Å². The van der Waals surface area contributed by atoms with Gasteiger partial charge in [-0.2, -0.15) is 20.1 Å². The average molecular weight is 428 g/mol. The minimum absolute atomic E-state index is 0.0335. The van der Waals surface area contributed by atoms with Crippen LogP contribution in [0.3, 0.4) is 0 Å². The average Bonchev–Trinajstić information content (AvgIpc) is 3.54. The van der Waals surface area contributed by atoms with Gasteiger partial charge < -0.3 is 9.64 Å². The van der Waals surface area contributed by atoms with Gasteiger partial charge in [0.25, 0.3) is 5.91 Å². The molecule has 0 spiro atoms. The first-order valence-electron chi connectivity index (χ1n) is 10.6. The highest BCUT2D eigenvalue weighted by Gasteiger charge is 2.30. The molecule has 1 aliphatic heterocycles. The third-order valence-corrected chi connectivity index (χ3v) is 5.66. The fourth-order valence-electron chi connectivity index (χ4n) is 4.09.